The zero-order chi connectivity index (χ0) is 8.85. The summed E-state index contributed by atoms with van der Waals surface area (Å²) in [6, 6.07) is 0. The van der Waals surface area contributed by atoms with E-state index in [0.717, 1.165) is 13.0 Å². The Kier molecular flexibility index (Phi) is 5.12. The summed E-state index contributed by atoms with van der Waals surface area (Å²) >= 11 is 0. The lowest BCUT2D eigenvalue weighted by Crippen LogP contribution is -2.28. The van der Waals surface area contributed by atoms with E-state index in [1.165, 1.54) is 0 Å². The van der Waals surface area contributed by atoms with Crippen LogP contribution in [-0.2, 0) is 4.79 Å². The molecule has 11 heavy (non-hydrogen) atoms. The zero-order valence-electron chi connectivity index (χ0n) is 7.98. The number of ketones is 1. The molecular weight excluding hydrogens is 138 g/mol. The lowest BCUT2D eigenvalue weighted by molar-refractivity contribution is -0.125. The summed E-state index contributed by atoms with van der Waals surface area (Å²) in [6.45, 7) is 6.79. The van der Waals surface area contributed by atoms with E-state index < -0.39 is 0 Å². The third-order valence-corrected chi connectivity index (χ3v) is 1.91. The number of hydrogen-bond acceptors (Lipinski definition) is 2. The molecule has 0 bridgehead atoms. The molecule has 0 heterocycles. The molecule has 0 spiro atoms. The van der Waals surface area contributed by atoms with E-state index >= 15 is 0 Å². The molecule has 0 aliphatic heterocycles. The van der Waals surface area contributed by atoms with Crippen LogP contribution >= 0.6 is 0 Å². The highest BCUT2D eigenvalue weighted by Crippen LogP contribution is 2.09. The monoisotopic (exact) mass is 157 g/mol. The molecule has 1 unspecified atom stereocenters. The first-order valence-corrected chi connectivity index (χ1v) is 4.31. The molecule has 1 atom stereocenters. The van der Waals surface area contributed by atoms with Gasteiger partial charge in [0.15, 0.2) is 0 Å². The minimum absolute atomic E-state index is 0.174. The number of nitrogens with one attached hydrogen (secondary N) is 1. The Bertz CT molecular complexity index is 121. The highest BCUT2D eigenvalue weighted by molar-refractivity contribution is 5.82. The summed E-state index contributed by atoms with van der Waals surface area (Å²) in [7, 11) is 1.89. The van der Waals surface area contributed by atoms with E-state index in [1.54, 1.807) is 0 Å². The van der Waals surface area contributed by atoms with Crippen LogP contribution in [0.3, 0.4) is 0 Å². The normalized spacial score (nSPS) is 13.5. The average Bonchev–Trinajstić information content (AvgIpc) is 1.98. The molecule has 0 saturated heterocycles. The summed E-state index contributed by atoms with van der Waals surface area (Å²) < 4.78 is 0. The van der Waals surface area contributed by atoms with Gasteiger partial charge in [0.05, 0.1) is 0 Å². The maximum atomic E-state index is 11.4. The first kappa shape index (κ1) is 10.6. The number of hydrogen-bond donors (Lipinski definition) is 1. The summed E-state index contributed by atoms with van der Waals surface area (Å²) in [4.78, 5) is 11.4. The predicted molar refractivity (Wildman–Crippen MR) is 47.6 cm³/mol. The van der Waals surface area contributed by atoms with Crippen LogP contribution < -0.4 is 5.32 Å². The summed E-state index contributed by atoms with van der Waals surface area (Å²) in [5, 5.41) is 3.03. The van der Waals surface area contributed by atoms with Gasteiger partial charge in [-0.15, -0.1) is 0 Å². The fourth-order valence-electron chi connectivity index (χ4n) is 1.16. The predicted octanol–water partition coefficient (Wildman–Crippen LogP) is 1.46. The second-order valence-electron chi connectivity index (χ2n) is 3.22. The van der Waals surface area contributed by atoms with Crippen LogP contribution in [0, 0.1) is 11.8 Å². The molecule has 0 aromatic carbocycles. The quantitative estimate of drug-likeness (QED) is 0.654. The van der Waals surface area contributed by atoms with Gasteiger partial charge in [-0.2, -0.15) is 0 Å². The third kappa shape index (κ3) is 3.51. The zero-order valence-corrected chi connectivity index (χ0v) is 7.98. The highest BCUT2D eigenvalue weighted by atomic mass is 16.1. The minimum Gasteiger partial charge on any atom is -0.319 e. The van der Waals surface area contributed by atoms with Crippen molar-refractivity contribution in [2.24, 2.45) is 11.8 Å². The molecule has 0 aliphatic carbocycles. The second-order valence-corrected chi connectivity index (χ2v) is 3.22. The van der Waals surface area contributed by atoms with Gasteiger partial charge in [0.2, 0.25) is 0 Å². The van der Waals surface area contributed by atoms with Crippen LogP contribution in [0.2, 0.25) is 0 Å². The van der Waals surface area contributed by atoms with E-state index in [4.69, 9.17) is 0 Å². The van der Waals surface area contributed by atoms with Crippen LogP contribution in [0.15, 0.2) is 0 Å². The Hall–Kier alpha value is -0.370. The topological polar surface area (TPSA) is 29.1 Å². The van der Waals surface area contributed by atoms with Crippen LogP contribution in [0.1, 0.15) is 27.2 Å². The first-order chi connectivity index (χ1) is 5.13. The summed E-state index contributed by atoms with van der Waals surface area (Å²) in [5.41, 5.74) is 0. The van der Waals surface area contributed by atoms with E-state index in [0.29, 0.717) is 5.78 Å². The minimum atomic E-state index is 0.174. The van der Waals surface area contributed by atoms with Gasteiger partial charge in [-0.1, -0.05) is 20.8 Å². The van der Waals surface area contributed by atoms with E-state index in [9.17, 15) is 4.79 Å². The van der Waals surface area contributed by atoms with E-state index in [1.807, 2.05) is 20.9 Å². The highest BCUT2D eigenvalue weighted by Gasteiger charge is 2.17. The summed E-state index contributed by atoms with van der Waals surface area (Å²) in [5.74, 6) is 0.759. The lowest BCUT2D eigenvalue weighted by Gasteiger charge is -2.14. The largest absolute Gasteiger partial charge is 0.319 e. The van der Waals surface area contributed by atoms with E-state index in [2.05, 4.69) is 12.2 Å². The standard InChI is InChI=1S/C9H19NO/c1-5-8(6-10-4)9(11)7(2)3/h7-8,10H,5-6H2,1-4H3. The van der Waals surface area contributed by atoms with Gasteiger partial charge < -0.3 is 5.32 Å². The molecule has 1 N–H and O–H groups in total. The van der Waals surface area contributed by atoms with Crippen molar-refractivity contribution in [1.82, 2.24) is 5.32 Å². The molecule has 0 aromatic heterocycles. The van der Waals surface area contributed by atoms with Gasteiger partial charge in [-0.25, -0.2) is 0 Å². The number of rotatable bonds is 5. The molecule has 0 radical (unpaired) electrons. The van der Waals surface area contributed by atoms with Crippen LogP contribution in [-0.4, -0.2) is 19.4 Å². The lowest BCUT2D eigenvalue weighted by atomic mass is 9.93. The van der Waals surface area contributed by atoms with Crippen LogP contribution in [0.4, 0.5) is 0 Å². The van der Waals surface area contributed by atoms with Gasteiger partial charge in [-0.3, -0.25) is 4.79 Å². The Morgan fingerprint density at radius 2 is 2.00 bits per heavy atom. The molecular formula is C9H19NO. The first-order valence-electron chi connectivity index (χ1n) is 4.31. The fraction of sp³-hybridized carbons (Fsp3) is 0.889. The van der Waals surface area contributed by atoms with Crippen LogP contribution in [0.25, 0.3) is 0 Å². The molecule has 0 aromatic rings. The van der Waals surface area contributed by atoms with Gasteiger partial charge in [0.25, 0.3) is 0 Å². The molecule has 66 valence electrons. The van der Waals surface area contributed by atoms with Crippen molar-refractivity contribution in [2.45, 2.75) is 27.2 Å². The van der Waals surface area contributed by atoms with Crippen molar-refractivity contribution in [3.63, 3.8) is 0 Å². The van der Waals surface area contributed by atoms with Crippen molar-refractivity contribution in [3.8, 4) is 0 Å². The molecule has 0 amide bonds. The Labute approximate surface area is 69.4 Å². The van der Waals surface area contributed by atoms with Gasteiger partial charge in [0, 0.05) is 18.4 Å². The number of carbonyl (C=O) groups excluding carboxylic acids is 1. The number of carbonyl (C=O) groups is 1. The van der Waals surface area contributed by atoms with Gasteiger partial charge in [0.1, 0.15) is 5.78 Å². The van der Waals surface area contributed by atoms with Crippen molar-refractivity contribution >= 4 is 5.78 Å². The van der Waals surface area contributed by atoms with E-state index in [-0.39, 0.29) is 11.8 Å². The molecule has 0 aliphatic rings. The SMILES string of the molecule is CCC(CNC)C(=O)C(C)C. The molecule has 0 fully saturated rings. The maximum Gasteiger partial charge on any atom is 0.139 e. The fourth-order valence-corrected chi connectivity index (χ4v) is 1.16. The Morgan fingerprint density at radius 1 is 1.45 bits per heavy atom. The summed E-state index contributed by atoms with van der Waals surface area (Å²) in [6.07, 6.45) is 0.942. The van der Waals surface area contributed by atoms with Crippen molar-refractivity contribution in [2.75, 3.05) is 13.6 Å². The second kappa shape index (κ2) is 5.30. The van der Waals surface area contributed by atoms with Crippen LogP contribution in [0.5, 0.6) is 0 Å². The number of Topliss-reactive ketones (excluding diaryl/α,β-unsaturated/α-hetero) is 1. The third-order valence-electron chi connectivity index (χ3n) is 1.91. The van der Waals surface area contributed by atoms with Crippen molar-refractivity contribution < 1.29 is 4.79 Å². The molecule has 0 saturated carbocycles. The Balaban J connectivity index is 3.92. The molecule has 0 rings (SSSR count). The van der Waals surface area contributed by atoms with Crippen molar-refractivity contribution in [1.29, 1.82) is 0 Å². The maximum absolute atomic E-state index is 11.4. The average molecular weight is 157 g/mol. The molecule has 2 nitrogen and oxygen atoms in total. The smallest absolute Gasteiger partial charge is 0.139 e. The van der Waals surface area contributed by atoms with Gasteiger partial charge >= 0.3 is 0 Å². The Morgan fingerprint density at radius 3 is 2.27 bits per heavy atom. The molecule has 2 heteroatoms. The van der Waals surface area contributed by atoms with Gasteiger partial charge in [-0.05, 0) is 13.5 Å². The van der Waals surface area contributed by atoms with Crippen molar-refractivity contribution in [3.05, 3.63) is 0 Å².